The first-order valence-electron chi connectivity index (χ1n) is 17.3. The van der Waals surface area contributed by atoms with Gasteiger partial charge in [-0.25, -0.2) is 9.97 Å². The fourth-order valence-electron chi connectivity index (χ4n) is 6.79. The minimum atomic E-state index is -1.86. The first kappa shape index (κ1) is 34.4. The van der Waals surface area contributed by atoms with Gasteiger partial charge in [0.15, 0.2) is 14.1 Å². The van der Waals surface area contributed by atoms with Crippen molar-refractivity contribution < 1.29 is 13.6 Å². The summed E-state index contributed by atoms with van der Waals surface area (Å²) in [6, 6.07) is 32.5. The quantitative estimate of drug-likeness (QED) is 0.0642. The van der Waals surface area contributed by atoms with Crippen LogP contribution < -0.4 is 0 Å². The smallest absolute Gasteiger partial charge is 0.213 e. The van der Waals surface area contributed by atoms with Crippen LogP contribution in [-0.2, 0) is 14.8 Å². The Hall–Kier alpha value is -4.46. The molecule has 6 rings (SSSR count). The normalized spacial score (nSPS) is 17.3. The molecule has 1 fully saturated rings. The molecule has 2 heterocycles. The molecule has 0 bridgehead atoms. The van der Waals surface area contributed by atoms with E-state index >= 15 is 0 Å². The summed E-state index contributed by atoms with van der Waals surface area (Å²) in [5, 5.41) is 0.155. The Kier molecular flexibility index (Phi) is 9.95. The molecule has 0 unspecified atom stereocenters. The van der Waals surface area contributed by atoms with E-state index in [0.717, 1.165) is 42.4 Å². The molecule has 0 N–H and O–H groups in total. The first-order valence-corrected chi connectivity index (χ1v) is 20.2. The van der Waals surface area contributed by atoms with Gasteiger partial charge in [-0.3, -0.25) is 4.79 Å². The predicted molar refractivity (Wildman–Crippen MR) is 198 cm³/mol. The zero-order valence-electron chi connectivity index (χ0n) is 29.1. The van der Waals surface area contributed by atoms with Crippen molar-refractivity contribution in [1.29, 1.82) is 0 Å². The molecule has 1 aliphatic carbocycles. The lowest BCUT2D eigenvalue weighted by atomic mass is 9.77. The number of halogens is 1. The van der Waals surface area contributed by atoms with Crippen LogP contribution in [-0.4, -0.2) is 34.7 Å². The monoisotopic (exact) mass is 671 g/mol. The average Bonchev–Trinajstić information content (AvgIpc) is 3.59. The highest BCUT2D eigenvalue weighted by Gasteiger charge is 2.41. The third kappa shape index (κ3) is 7.14. The topological polar surface area (TPSA) is 57.0 Å². The third-order valence-corrected chi connectivity index (χ3v) is 15.0. The van der Waals surface area contributed by atoms with Gasteiger partial charge >= 0.3 is 0 Å². The number of rotatable bonds is 10. The average molecular weight is 672 g/mol. The van der Waals surface area contributed by atoms with Crippen molar-refractivity contribution in [3.8, 4) is 11.3 Å². The molecule has 252 valence electrons. The number of carbonyl (C=O) groups excluding carboxylic acids is 1. The molecule has 0 radical (unpaired) electrons. The minimum Gasteiger partial charge on any atom is -0.414 e. The van der Waals surface area contributed by atoms with Crippen LogP contribution >= 0.6 is 0 Å². The zero-order chi connectivity index (χ0) is 34.6. The number of allylic oxidation sites excluding steroid dienone is 1. The van der Waals surface area contributed by atoms with Gasteiger partial charge in [0.25, 0.3) is 0 Å². The largest absolute Gasteiger partial charge is 0.414 e. The maximum atomic E-state index is 14.6. The van der Waals surface area contributed by atoms with E-state index in [1.165, 1.54) is 12.3 Å². The van der Waals surface area contributed by atoms with E-state index in [0.29, 0.717) is 16.8 Å². The van der Waals surface area contributed by atoms with Crippen molar-refractivity contribution in [2.75, 3.05) is 0 Å². The molecule has 49 heavy (non-hydrogen) atoms. The summed E-state index contributed by atoms with van der Waals surface area (Å²) in [4.78, 5) is 22.3. The van der Waals surface area contributed by atoms with Gasteiger partial charge in [-0.2, -0.15) is 4.39 Å². The molecule has 0 saturated heterocycles. The number of hydrogen-bond acceptors (Lipinski definition) is 4. The van der Waals surface area contributed by atoms with Gasteiger partial charge in [0.05, 0.1) is 12.0 Å². The van der Waals surface area contributed by atoms with E-state index in [1.807, 2.05) is 67.1 Å². The lowest BCUT2D eigenvalue weighted by Gasteiger charge is -2.41. The maximum absolute atomic E-state index is 14.6. The second-order valence-corrected chi connectivity index (χ2v) is 19.4. The van der Waals surface area contributed by atoms with Crippen LogP contribution in [0, 0.1) is 11.9 Å². The summed E-state index contributed by atoms with van der Waals surface area (Å²) in [7, 11) is -1.86. The van der Waals surface area contributed by atoms with E-state index in [2.05, 4.69) is 79.8 Å². The van der Waals surface area contributed by atoms with Gasteiger partial charge in [0, 0.05) is 36.0 Å². The van der Waals surface area contributed by atoms with E-state index in [1.54, 1.807) is 12.2 Å². The van der Waals surface area contributed by atoms with Crippen molar-refractivity contribution in [3.63, 3.8) is 0 Å². The molecule has 0 aliphatic heterocycles. The van der Waals surface area contributed by atoms with Gasteiger partial charge in [0.2, 0.25) is 5.95 Å². The van der Waals surface area contributed by atoms with E-state index in [4.69, 9.17) is 9.41 Å². The van der Waals surface area contributed by atoms with E-state index < -0.39 is 19.8 Å². The number of imidazole rings is 1. The van der Waals surface area contributed by atoms with Gasteiger partial charge < -0.3 is 8.99 Å². The molecule has 0 spiro atoms. The molecular weight excluding hydrogens is 626 g/mol. The maximum Gasteiger partial charge on any atom is 0.213 e. The number of carbonyl (C=O) groups is 1. The lowest BCUT2D eigenvalue weighted by molar-refractivity contribution is -0.119. The van der Waals surface area contributed by atoms with Crippen LogP contribution in [0.4, 0.5) is 4.39 Å². The number of hydrogen-bond donors (Lipinski definition) is 0. The molecule has 0 amide bonds. The number of nitrogens with zero attached hydrogens (tertiary/aromatic N) is 3. The van der Waals surface area contributed by atoms with Gasteiger partial charge in [-0.1, -0.05) is 118 Å². The molecule has 1 aliphatic rings. The summed E-state index contributed by atoms with van der Waals surface area (Å²) in [6.45, 7) is 11.3. The molecular formula is C42H46FN3O2Si. The summed E-state index contributed by atoms with van der Waals surface area (Å²) < 4.78 is 23.4. The van der Waals surface area contributed by atoms with Crippen LogP contribution in [0.3, 0.4) is 0 Å². The van der Waals surface area contributed by atoms with Crippen molar-refractivity contribution in [2.24, 2.45) is 5.92 Å². The molecule has 3 aromatic carbocycles. The number of benzene rings is 3. The standard InChI is InChI=1S/C42H46FN3O2Si/c1-41(2,3)49(4,5)48-36-24-21-31(22-25-36)39(47)26-23-32-27-40(43)44-28-37(32)38-29-46(30-45-38)42(33-15-9-6-10-16-33,34-17-11-7-12-18-34)35-19-13-8-14-20-35/h6-20,23,26-31,36H,21-22,24-25H2,1-5H3/b26-23+. The van der Waals surface area contributed by atoms with Crippen molar-refractivity contribution in [1.82, 2.24) is 14.5 Å². The second kappa shape index (κ2) is 14.2. The zero-order valence-corrected chi connectivity index (χ0v) is 30.1. The summed E-state index contributed by atoms with van der Waals surface area (Å²) in [6.07, 6.45) is 12.2. The molecule has 0 atom stereocenters. The fourth-order valence-corrected chi connectivity index (χ4v) is 8.22. The molecule has 5 aromatic rings. The van der Waals surface area contributed by atoms with Crippen molar-refractivity contribution >= 4 is 20.2 Å². The van der Waals surface area contributed by atoms with Crippen molar-refractivity contribution in [3.05, 3.63) is 150 Å². The summed E-state index contributed by atoms with van der Waals surface area (Å²) in [5.41, 5.74) is 4.33. The molecule has 2 aromatic heterocycles. The minimum absolute atomic E-state index is 0.0620. The van der Waals surface area contributed by atoms with E-state index in [9.17, 15) is 9.18 Å². The third-order valence-electron chi connectivity index (χ3n) is 10.5. The highest BCUT2D eigenvalue weighted by atomic mass is 28.4. The number of ketones is 1. The Bertz CT molecular complexity index is 1790. The Morgan fingerprint density at radius 2 is 1.37 bits per heavy atom. The lowest BCUT2D eigenvalue weighted by Crippen LogP contribution is -2.45. The van der Waals surface area contributed by atoms with Gasteiger partial charge in [-0.05, 0) is 72.1 Å². The highest BCUT2D eigenvalue weighted by Crippen LogP contribution is 2.42. The summed E-state index contributed by atoms with van der Waals surface area (Å²) in [5.74, 6) is -0.602. The van der Waals surface area contributed by atoms with Crippen molar-refractivity contribution in [2.45, 2.75) is 76.2 Å². The van der Waals surface area contributed by atoms with Gasteiger partial charge in [-0.15, -0.1) is 0 Å². The Morgan fingerprint density at radius 3 is 1.88 bits per heavy atom. The van der Waals surface area contributed by atoms with Crippen LogP contribution in [0.25, 0.3) is 17.3 Å². The van der Waals surface area contributed by atoms with Crippen LogP contribution in [0.2, 0.25) is 18.1 Å². The SMILES string of the molecule is CC(C)(C)[Si](C)(C)OC1CCC(C(=O)/C=C/c2cc(F)ncc2-c2cn(C(c3ccccc3)(c3ccccc3)c3ccccc3)cn2)CC1. The molecule has 1 saturated carbocycles. The van der Waals surface area contributed by atoms with Crippen LogP contribution in [0.1, 0.15) is 68.7 Å². The first-order chi connectivity index (χ1) is 23.5. The highest BCUT2D eigenvalue weighted by molar-refractivity contribution is 6.74. The van der Waals surface area contributed by atoms with Gasteiger partial charge in [0.1, 0.15) is 5.54 Å². The van der Waals surface area contributed by atoms with Crippen LogP contribution in [0.15, 0.2) is 122 Å². The number of pyridine rings is 1. The predicted octanol–water partition coefficient (Wildman–Crippen LogP) is 10.1. The second-order valence-electron chi connectivity index (χ2n) is 14.7. The Morgan fingerprint density at radius 1 is 0.837 bits per heavy atom. The van der Waals surface area contributed by atoms with E-state index in [-0.39, 0.29) is 22.8 Å². The Balaban J connectivity index is 1.30. The van der Waals surface area contributed by atoms with Crippen LogP contribution in [0.5, 0.6) is 0 Å². The summed E-state index contributed by atoms with van der Waals surface area (Å²) >= 11 is 0. The molecule has 7 heteroatoms. The Labute approximate surface area is 291 Å². The fraction of sp³-hybridized carbons (Fsp3) is 0.310. The molecule has 5 nitrogen and oxygen atoms in total. The number of aromatic nitrogens is 3.